The zero-order chi connectivity index (χ0) is 8.55. The van der Waals surface area contributed by atoms with Crippen molar-refractivity contribution in [3.8, 4) is 5.13 Å². The number of aromatic nitrogens is 3. The molecule has 2 aromatic heterocycles. The number of rotatable bonds is 1. The van der Waals surface area contributed by atoms with Crippen molar-refractivity contribution in [3.05, 3.63) is 28.0 Å². The van der Waals surface area contributed by atoms with Gasteiger partial charge in [0.05, 0.1) is 0 Å². The molecule has 0 fully saturated rings. The molecule has 2 aromatic rings. The molecule has 0 bridgehead atoms. The Bertz CT molecular complexity index is 424. The third kappa shape index (κ3) is 1.21. The van der Waals surface area contributed by atoms with E-state index in [2.05, 4.69) is 10.1 Å². The van der Waals surface area contributed by atoms with Crippen LogP contribution in [0, 0.1) is 11.6 Å². The average molecular weight is 197 g/mol. The van der Waals surface area contributed by atoms with Gasteiger partial charge in [0.1, 0.15) is 4.64 Å². The van der Waals surface area contributed by atoms with Gasteiger partial charge in [-0.1, -0.05) is 12.2 Å². The summed E-state index contributed by atoms with van der Waals surface area (Å²) in [6.45, 7) is 1.97. The van der Waals surface area contributed by atoms with E-state index >= 15 is 0 Å². The van der Waals surface area contributed by atoms with Crippen molar-refractivity contribution < 1.29 is 0 Å². The van der Waals surface area contributed by atoms with Gasteiger partial charge in [-0.25, -0.2) is 9.67 Å². The van der Waals surface area contributed by atoms with Crippen molar-refractivity contribution in [2.75, 3.05) is 0 Å². The second-order valence-corrected chi connectivity index (χ2v) is 3.72. The first-order valence-corrected chi connectivity index (χ1v) is 4.75. The molecule has 0 aromatic carbocycles. The summed E-state index contributed by atoms with van der Waals surface area (Å²) in [6, 6.07) is 1.91. The van der Waals surface area contributed by atoms with Gasteiger partial charge in [0.15, 0.2) is 0 Å². The van der Waals surface area contributed by atoms with E-state index < -0.39 is 0 Å². The number of H-pyrrole nitrogens is 1. The minimum atomic E-state index is 0.766. The van der Waals surface area contributed by atoms with Crippen LogP contribution < -0.4 is 0 Å². The summed E-state index contributed by atoms with van der Waals surface area (Å²) in [6.07, 6.45) is 1.76. The van der Waals surface area contributed by atoms with Crippen LogP contribution in [0.2, 0.25) is 0 Å². The van der Waals surface area contributed by atoms with E-state index in [-0.39, 0.29) is 0 Å². The molecule has 0 spiro atoms. The van der Waals surface area contributed by atoms with E-state index in [1.54, 1.807) is 22.2 Å². The maximum Gasteiger partial charge on any atom is 0.209 e. The van der Waals surface area contributed by atoms with Crippen LogP contribution in [-0.2, 0) is 0 Å². The second kappa shape index (κ2) is 2.84. The molecule has 0 atom stereocenters. The van der Waals surface area contributed by atoms with E-state index in [1.165, 1.54) is 0 Å². The summed E-state index contributed by atoms with van der Waals surface area (Å²) < 4.78 is 2.57. The first kappa shape index (κ1) is 7.70. The van der Waals surface area contributed by atoms with Gasteiger partial charge in [-0.2, -0.15) is 0 Å². The zero-order valence-corrected chi connectivity index (χ0v) is 8.08. The quantitative estimate of drug-likeness (QED) is 0.712. The molecular weight excluding hydrogens is 190 g/mol. The molecule has 2 heterocycles. The summed E-state index contributed by atoms with van der Waals surface area (Å²) in [5.41, 5.74) is 1.05. The normalized spacial score (nSPS) is 10.4. The fourth-order valence-corrected chi connectivity index (χ4v) is 1.96. The smallest absolute Gasteiger partial charge is 0.209 e. The summed E-state index contributed by atoms with van der Waals surface area (Å²) in [5.74, 6) is 0. The molecule has 0 saturated carbocycles. The number of nitrogens with one attached hydrogen (secondary N) is 1. The van der Waals surface area contributed by atoms with E-state index in [0.717, 1.165) is 15.5 Å². The number of hydrogen-bond acceptors (Lipinski definition) is 3. The van der Waals surface area contributed by atoms with Crippen LogP contribution in [0.5, 0.6) is 0 Å². The molecule has 0 radical (unpaired) electrons. The van der Waals surface area contributed by atoms with Crippen molar-refractivity contribution in [2.45, 2.75) is 6.92 Å². The van der Waals surface area contributed by atoms with Crippen LogP contribution in [0.4, 0.5) is 0 Å². The molecule has 5 heteroatoms. The highest BCUT2D eigenvalue weighted by Gasteiger charge is 2.00. The maximum atomic E-state index is 5.12. The van der Waals surface area contributed by atoms with Gasteiger partial charge in [0.2, 0.25) is 5.13 Å². The van der Waals surface area contributed by atoms with Gasteiger partial charge >= 0.3 is 0 Å². The van der Waals surface area contributed by atoms with Crippen molar-refractivity contribution >= 4 is 23.6 Å². The van der Waals surface area contributed by atoms with E-state index in [9.17, 15) is 0 Å². The second-order valence-electron chi connectivity index (χ2n) is 2.43. The fraction of sp³-hybridized carbons (Fsp3) is 0.143. The highest BCUT2D eigenvalue weighted by molar-refractivity contribution is 7.71. The lowest BCUT2D eigenvalue weighted by Crippen LogP contribution is -1.94. The van der Waals surface area contributed by atoms with Crippen LogP contribution in [-0.4, -0.2) is 14.8 Å². The Morgan fingerprint density at radius 2 is 2.50 bits per heavy atom. The summed E-state index contributed by atoms with van der Waals surface area (Å²) in [4.78, 5) is 4.14. The van der Waals surface area contributed by atoms with Gasteiger partial charge < -0.3 is 0 Å². The van der Waals surface area contributed by atoms with Crippen LogP contribution in [0.1, 0.15) is 5.69 Å². The number of aromatic amines is 1. The average Bonchev–Trinajstić information content (AvgIpc) is 2.58. The molecule has 0 amide bonds. The Labute approximate surface area is 78.7 Å². The van der Waals surface area contributed by atoms with E-state index in [1.807, 2.05) is 18.4 Å². The van der Waals surface area contributed by atoms with Crippen molar-refractivity contribution in [3.63, 3.8) is 0 Å². The van der Waals surface area contributed by atoms with Crippen molar-refractivity contribution in [1.29, 1.82) is 0 Å². The number of aryl methyl sites for hydroxylation is 1. The van der Waals surface area contributed by atoms with Crippen LogP contribution in [0.25, 0.3) is 5.13 Å². The third-order valence-corrected chi connectivity index (χ3v) is 2.52. The third-order valence-electron chi connectivity index (χ3n) is 1.46. The molecule has 1 N–H and O–H groups in total. The molecule has 0 aliphatic rings. The van der Waals surface area contributed by atoms with Crippen LogP contribution in [0.15, 0.2) is 17.6 Å². The summed E-state index contributed by atoms with van der Waals surface area (Å²) in [7, 11) is 0. The standard InChI is InChI=1S/C7H7N3S2/c1-5-4-6(11)10(9-5)7-8-2-3-12-7/h2-4,9H,1H3. The molecule has 0 saturated heterocycles. The molecule has 3 nitrogen and oxygen atoms in total. The lowest BCUT2D eigenvalue weighted by Gasteiger charge is -1.94. The summed E-state index contributed by atoms with van der Waals surface area (Å²) in [5, 5.41) is 5.91. The molecule has 0 aliphatic carbocycles. The van der Waals surface area contributed by atoms with Crippen LogP contribution in [0.3, 0.4) is 0 Å². The Kier molecular flexibility index (Phi) is 1.82. The van der Waals surface area contributed by atoms with Gasteiger partial charge in [0, 0.05) is 17.3 Å². The van der Waals surface area contributed by atoms with Crippen molar-refractivity contribution in [2.24, 2.45) is 0 Å². The first-order valence-electron chi connectivity index (χ1n) is 3.46. The van der Waals surface area contributed by atoms with Crippen molar-refractivity contribution in [1.82, 2.24) is 14.8 Å². The molecule has 62 valence electrons. The highest BCUT2D eigenvalue weighted by atomic mass is 32.1. The highest BCUT2D eigenvalue weighted by Crippen LogP contribution is 2.11. The predicted octanol–water partition coefficient (Wildman–Crippen LogP) is 2.30. The summed E-state index contributed by atoms with van der Waals surface area (Å²) >= 11 is 6.68. The lowest BCUT2D eigenvalue weighted by molar-refractivity contribution is 0.843. The first-order chi connectivity index (χ1) is 5.77. The Balaban J connectivity index is 2.61. The van der Waals surface area contributed by atoms with Gasteiger partial charge in [-0.05, 0) is 13.0 Å². The molecule has 0 unspecified atom stereocenters. The maximum absolute atomic E-state index is 5.12. The predicted molar refractivity (Wildman–Crippen MR) is 51.4 cm³/mol. The molecular formula is C7H7N3S2. The SMILES string of the molecule is Cc1cc(=S)n(-c2nccs2)[nH]1. The van der Waals surface area contributed by atoms with E-state index in [0.29, 0.717) is 0 Å². The minimum Gasteiger partial charge on any atom is -0.295 e. The topological polar surface area (TPSA) is 33.6 Å². The fourth-order valence-electron chi connectivity index (χ4n) is 0.982. The molecule has 2 rings (SSSR count). The largest absolute Gasteiger partial charge is 0.295 e. The zero-order valence-electron chi connectivity index (χ0n) is 6.44. The number of nitrogens with zero attached hydrogens (tertiary/aromatic N) is 2. The van der Waals surface area contributed by atoms with Crippen LogP contribution >= 0.6 is 23.6 Å². The Hall–Kier alpha value is -0.940. The van der Waals surface area contributed by atoms with Gasteiger partial charge in [0.25, 0.3) is 0 Å². The molecule has 12 heavy (non-hydrogen) atoms. The number of thiazole rings is 1. The van der Waals surface area contributed by atoms with Gasteiger partial charge in [-0.3, -0.25) is 5.10 Å². The Morgan fingerprint density at radius 1 is 1.67 bits per heavy atom. The Morgan fingerprint density at radius 3 is 3.00 bits per heavy atom. The van der Waals surface area contributed by atoms with E-state index in [4.69, 9.17) is 12.2 Å². The lowest BCUT2D eigenvalue weighted by atomic mass is 10.5. The molecule has 0 aliphatic heterocycles. The monoisotopic (exact) mass is 197 g/mol. The van der Waals surface area contributed by atoms with Gasteiger partial charge in [-0.15, -0.1) is 11.3 Å². The minimum absolute atomic E-state index is 0.766. The number of hydrogen-bond donors (Lipinski definition) is 1.